The van der Waals surface area contributed by atoms with E-state index in [0.717, 1.165) is 16.7 Å². The van der Waals surface area contributed by atoms with Gasteiger partial charge in [-0.25, -0.2) is 17.8 Å². The van der Waals surface area contributed by atoms with Crippen LogP contribution in [0.1, 0.15) is 29.8 Å². The number of rotatable bonds is 8. The first-order valence-electron chi connectivity index (χ1n) is 13.5. The van der Waals surface area contributed by atoms with E-state index in [2.05, 4.69) is 28.9 Å². The number of sulfonamides is 1. The fraction of sp³-hybridized carbons (Fsp3) is 0.226. The van der Waals surface area contributed by atoms with Gasteiger partial charge in [-0.2, -0.15) is 0 Å². The average molecular weight is 590 g/mol. The summed E-state index contributed by atoms with van der Waals surface area (Å²) in [6, 6.07) is 20.9. The van der Waals surface area contributed by atoms with Crippen molar-refractivity contribution in [2.24, 2.45) is 0 Å². The SMILES string of the molecule is CC1CN(C(=O)c2ccc(-c3cnc(N)c(OCc4ccc(S(=O)(=O)Nc5ccc(F)cc5)cc4)c3)cc2)CC(C)N1. The standard InChI is InChI=1S/C31H32FN5O4S/c1-20-17-37(18-21(2)35-20)31(38)24-7-5-23(6-8-24)25-15-29(30(33)34-16-25)41-19-22-3-13-28(14-4-22)42(39,40)36-27-11-9-26(32)10-12-27/h3-16,20-21,35-36H,17-19H2,1-2H3,(H2,33,34). The fourth-order valence-electron chi connectivity index (χ4n) is 4.87. The number of nitrogens with two attached hydrogens (primary N) is 1. The number of aromatic nitrogens is 1. The first-order valence-corrected chi connectivity index (χ1v) is 15.0. The van der Waals surface area contributed by atoms with E-state index >= 15 is 0 Å². The average Bonchev–Trinajstić information content (AvgIpc) is 2.97. The number of amides is 1. The Bertz CT molecular complexity index is 1650. The largest absolute Gasteiger partial charge is 0.485 e. The zero-order valence-corrected chi connectivity index (χ0v) is 24.1. The maximum Gasteiger partial charge on any atom is 0.261 e. The molecule has 1 aliphatic rings. The van der Waals surface area contributed by atoms with Crippen LogP contribution in [-0.2, 0) is 16.6 Å². The molecular weight excluding hydrogens is 557 g/mol. The van der Waals surface area contributed by atoms with E-state index in [4.69, 9.17) is 10.5 Å². The number of carbonyl (C=O) groups excluding carboxylic acids is 1. The molecule has 4 aromatic rings. The molecule has 0 radical (unpaired) electrons. The van der Waals surface area contributed by atoms with Crippen molar-refractivity contribution in [3.63, 3.8) is 0 Å². The number of pyridine rings is 1. The van der Waals surface area contributed by atoms with Gasteiger partial charge in [0.1, 0.15) is 12.4 Å². The van der Waals surface area contributed by atoms with Crippen LogP contribution in [-0.4, -0.2) is 49.4 Å². The number of nitrogens with zero attached hydrogens (tertiary/aromatic N) is 2. The molecule has 0 spiro atoms. The first-order chi connectivity index (χ1) is 20.1. The van der Waals surface area contributed by atoms with E-state index in [1.165, 1.54) is 36.4 Å². The van der Waals surface area contributed by atoms with Gasteiger partial charge in [-0.05, 0) is 79.6 Å². The van der Waals surface area contributed by atoms with Gasteiger partial charge in [0.2, 0.25) is 0 Å². The molecule has 4 N–H and O–H groups in total. The summed E-state index contributed by atoms with van der Waals surface area (Å²) in [7, 11) is -3.84. The maximum atomic E-state index is 13.1. The van der Waals surface area contributed by atoms with Crippen molar-refractivity contribution in [3.05, 3.63) is 102 Å². The lowest BCUT2D eigenvalue weighted by Crippen LogP contribution is -2.55. The van der Waals surface area contributed by atoms with E-state index in [1.54, 1.807) is 24.4 Å². The van der Waals surface area contributed by atoms with Gasteiger partial charge in [-0.1, -0.05) is 24.3 Å². The molecule has 1 amide bonds. The Kier molecular flexibility index (Phi) is 8.41. The van der Waals surface area contributed by atoms with Crippen molar-refractivity contribution in [2.75, 3.05) is 23.5 Å². The van der Waals surface area contributed by atoms with Crippen molar-refractivity contribution in [2.45, 2.75) is 37.4 Å². The second kappa shape index (κ2) is 12.2. The Morgan fingerprint density at radius 1 is 1.00 bits per heavy atom. The van der Waals surface area contributed by atoms with Crippen LogP contribution in [0.15, 0.2) is 90.0 Å². The minimum atomic E-state index is -3.84. The molecule has 3 aromatic carbocycles. The quantitative estimate of drug-likeness (QED) is 0.273. The van der Waals surface area contributed by atoms with Crippen LogP contribution in [0.4, 0.5) is 15.9 Å². The third-order valence-corrected chi connectivity index (χ3v) is 8.31. The van der Waals surface area contributed by atoms with Crippen molar-refractivity contribution >= 4 is 27.4 Å². The summed E-state index contributed by atoms with van der Waals surface area (Å²) >= 11 is 0. The molecule has 9 nitrogen and oxygen atoms in total. The van der Waals surface area contributed by atoms with Crippen molar-refractivity contribution < 1.29 is 22.3 Å². The zero-order chi connectivity index (χ0) is 29.9. The van der Waals surface area contributed by atoms with E-state index in [-0.39, 0.29) is 41.0 Å². The smallest absolute Gasteiger partial charge is 0.261 e. The van der Waals surface area contributed by atoms with Gasteiger partial charge in [-0.15, -0.1) is 0 Å². The third-order valence-electron chi connectivity index (χ3n) is 6.92. The van der Waals surface area contributed by atoms with Gasteiger partial charge in [-0.3, -0.25) is 9.52 Å². The summed E-state index contributed by atoms with van der Waals surface area (Å²) in [5.41, 5.74) is 9.30. The van der Waals surface area contributed by atoms with Crippen LogP contribution >= 0.6 is 0 Å². The number of anilines is 2. The zero-order valence-electron chi connectivity index (χ0n) is 23.2. The van der Waals surface area contributed by atoms with Crippen LogP contribution in [0, 0.1) is 5.82 Å². The number of piperazine rings is 1. The minimum Gasteiger partial charge on any atom is -0.485 e. The monoisotopic (exact) mass is 589 g/mol. The number of halogens is 1. The lowest BCUT2D eigenvalue weighted by molar-refractivity contribution is 0.0674. The highest BCUT2D eigenvalue weighted by Gasteiger charge is 2.25. The van der Waals surface area contributed by atoms with Crippen molar-refractivity contribution in [3.8, 4) is 16.9 Å². The topological polar surface area (TPSA) is 127 Å². The normalized spacial score (nSPS) is 17.1. The van der Waals surface area contributed by atoms with E-state index < -0.39 is 15.8 Å². The number of hydrogen-bond acceptors (Lipinski definition) is 7. The molecule has 2 heterocycles. The molecule has 11 heteroatoms. The number of carbonyl (C=O) groups is 1. The second-order valence-electron chi connectivity index (χ2n) is 10.4. The third kappa shape index (κ3) is 6.87. The fourth-order valence-corrected chi connectivity index (χ4v) is 5.93. The van der Waals surface area contributed by atoms with Crippen LogP contribution in [0.2, 0.25) is 0 Å². The van der Waals surface area contributed by atoms with E-state index in [9.17, 15) is 17.6 Å². The summed E-state index contributed by atoms with van der Waals surface area (Å²) in [5.74, 6) is 0.149. The van der Waals surface area contributed by atoms with Crippen LogP contribution in [0.25, 0.3) is 11.1 Å². The van der Waals surface area contributed by atoms with Gasteiger partial charge < -0.3 is 20.7 Å². The Balaban J connectivity index is 1.23. The van der Waals surface area contributed by atoms with Crippen molar-refractivity contribution in [1.29, 1.82) is 0 Å². The van der Waals surface area contributed by atoms with Gasteiger partial charge in [0.15, 0.2) is 11.6 Å². The van der Waals surface area contributed by atoms with Gasteiger partial charge in [0.25, 0.3) is 15.9 Å². The van der Waals surface area contributed by atoms with E-state index in [1.807, 2.05) is 29.2 Å². The maximum absolute atomic E-state index is 13.1. The Hall–Kier alpha value is -4.48. The van der Waals surface area contributed by atoms with Crippen molar-refractivity contribution in [1.82, 2.24) is 15.2 Å². The molecule has 0 saturated carbocycles. The van der Waals surface area contributed by atoms with E-state index in [0.29, 0.717) is 24.4 Å². The number of ether oxygens (including phenoxy) is 1. The van der Waals surface area contributed by atoms with Gasteiger partial charge in [0, 0.05) is 48.2 Å². The highest BCUT2D eigenvalue weighted by Crippen LogP contribution is 2.28. The predicted octanol–water partition coefficient (Wildman–Crippen LogP) is 4.67. The van der Waals surface area contributed by atoms with Gasteiger partial charge in [0.05, 0.1) is 4.90 Å². The van der Waals surface area contributed by atoms with Gasteiger partial charge >= 0.3 is 0 Å². The van der Waals surface area contributed by atoms with Crippen LogP contribution in [0.3, 0.4) is 0 Å². The Morgan fingerprint density at radius 3 is 2.29 bits per heavy atom. The van der Waals surface area contributed by atoms with Crippen LogP contribution in [0.5, 0.6) is 5.75 Å². The first kappa shape index (κ1) is 29.0. The minimum absolute atomic E-state index is 0.00580. The molecule has 42 heavy (non-hydrogen) atoms. The summed E-state index contributed by atoms with van der Waals surface area (Å²) in [6.07, 6.45) is 1.65. The molecular formula is C31H32FN5O4S. The molecule has 1 fully saturated rings. The molecule has 218 valence electrons. The molecule has 1 aromatic heterocycles. The Morgan fingerprint density at radius 2 is 1.64 bits per heavy atom. The van der Waals surface area contributed by atoms with Crippen LogP contribution < -0.4 is 20.5 Å². The highest BCUT2D eigenvalue weighted by molar-refractivity contribution is 7.92. The number of nitrogen functional groups attached to an aromatic ring is 1. The Labute approximate surface area is 244 Å². The second-order valence-corrected chi connectivity index (χ2v) is 12.1. The summed E-state index contributed by atoms with van der Waals surface area (Å²) < 4.78 is 46.8. The molecule has 0 bridgehead atoms. The summed E-state index contributed by atoms with van der Waals surface area (Å²) in [6.45, 7) is 5.61. The number of benzene rings is 3. The summed E-state index contributed by atoms with van der Waals surface area (Å²) in [5, 5.41) is 3.44. The molecule has 2 unspecified atom stereocenters. The number of hydrogen-bond donors (Lipinski definition) is 3. The molecule has 0 aliphatic carbocycles. The summed E-state index contributed by atoms with van der Waals surface area (Å²) in [4.78, 5) is 19.2. The molecule has 1 aliphatic heterocycles. The number of nitrogens with one attached hydrogen (secondary N) is 2. The molecule has 1 saturated heterocycles. The molecule has 5 rings (SSSR count). The highest BCUT2D eigenvalue weighted by atomic mass is 32.2. The predicted molar refractivity (Wildman–Crippen MR) is 160 cm³/mol. The lowest BCUT2D eigenvalue weighted by Gasteiger charge is -2.36. The lowest BCUT2D eigenvalue weighted by atomic mass is 10.0. The molecule has 2 atom stereocenters.